The van der Waals surface area contributed by atoms with Gasteiger partial charge in [0, 0.05) is 23.9 Å². The lowest BCUT2D eigenvalue weighted by Crippen LogP contribution is -2.32. The van der Waals surface area contributed by atoms with E-state index in [9.17, 15) is 20.1 Å². The Morgan fingerprint density at radius 1 is 1.14 bits per heavy atom. The van der Waals surface area contributed by atoms with Crippen molar-refractivity contribution in [2.24, 2.45) is 17.3 Å². The van der Waals surface area contributed by atoms with Gasteiger partial charge < -0.3 is 15.3 Å². The molecular weight excluding hydrogens is 364 g/mol. The molecule has 2 aliphatic rings. The molecule has 4 heteroatoms. The van der Waals surface area contributed by atoms with Gasteiger partial charge in [-0.05, 0) is 70.4 Å². The molecule has 0 aromatic rings. The summed E-state index contributed by atoms with van der Waals surface area (Å²) >= 11 is 0. The molecule has 3 N–H and O–H groups in total. The van der Waals surface area contributed by atoms with Crippen LogP contribution in [0.5, 0.6) is 0 Å². The Morgan fingerprint density at radius 3 is 2.45 bits per heavy atom. The van der Waals surface area contributed by atoms with Crippen LogP contribution in [0.1, 0.15) is 73.1 Å². The molecule has 4 atom stereocenters. The monoisotopic (exact) mass is 402 g/mol. The molecule has 0 amide bonds. The van der Waals surface area contributed by atoms with Crippen LogP contribution in [0.2, 0.25) is 0 Å². The van der Waals surface area contributed by atoms with Gasteiger partial charge in [0.05, 0.1) is 6.10 Å². The summed E-state index contributed by atoms with van der Waals surface area (Å²) < 4.78 is 0. The molecule has 0 saturated heterocycles. The van der Waals surface area contributed by atoms with E-state index in [1.54, 1.807) is 0 Å². The van der Waals surface area contributed by atoms with Gasteiger partial charge in [-0.2, -0.15) is 0 Å². The van der Waals surface area contributed by atoms with Crippen LogP contribution in [0, 0.1) is 17.3 Å². The maximum atomic E-state index is 13.1. The first-order valence-electron chi connectivity index (χ1n) is 10.9. The third-order valence-electron chi connectivity index (χ3n) is 6.88. The van der Waals surface area contributed by atoms with Crippen molar-refractivity contribution in [2.75, 3.05) is 6.61 Å². The minimum absolute atomic E-state index is 0.107. The highest BCUT2D eigenvalue weighted by atomic mass is 16.3. The van der Waals surface area contributed by atoms with Crippen molar-refractivity contribution in [3.05, 3.63) is 46.3 Å². The van der Waals surface area contributed by atoms with Crippen LogP contribution in [-0.2, 0) is 4.79 Å². The standard InChI is InChI=1S/C25H38O4/c1-16-7-6-8-17(2)13-14-25(5)20(11-10-18(3)21(27)12-9-16)22(19(4)15-26)23(28)24(25)29/h7,10,13,19-21,26-28H,6,8-9,11-12,14-15H2,1-5H3/b16-7+,17-13+,18-10+/t19-,20+,21-,25-/m1/s1. The van der Waals surface area contributed by atoms with Crippen LogP contribution in [0.4, 0.5) is 0 Å². The molecular formula is C25H38O4. The largest absolute Gasteiger partial charge is 0.504 e. The van der Waals surface area contributed by atoms with Crippen LogP contribution in [0.3, 0.4) is 0 Å². The summed E-state index contributed by atoms with van der Waals surface area (Å²) in [6, 6.07) is 0. The molecule has 2 rings (SSSR count). The first-order valence-corrected chi connectivity index (χ1v) is 10.9. The van der Waals surface area contributed by atoms with Gasteiger partial charge in [0.2, 0.25) is 5.78 Å². The molecule has 0 spiro atoms. The first kappa shape index (κ1) is 23.6. The number of hydrogen-bond donors (Lipinski definition) is 3. The number of aliphatic hydroxyl groups excluding tert-OH is 3. The summed E-state index contributed by atoms with van der Waals surface area (Å²) in [6.07, 6.45) is 10.4. The Morgan fingerprint density at radius 2 is 1.79 bits per heavy atom. The Hall–Kier alpha value is -1.65. The summed E-state index contributed by atoms with van der Waals surface area (Å²) in [5, 5.41) is 30.9. The number of allylic oxidation sites excluding steroid dienone is 6. The SMILES string of the molecule is C/C1=C\C[C@@]2(C)C(=O)C(O)=C([C@H](C)CO)[C@@H]2C/C=C(\C)[C@H](O)CC/C(C)=C/CC1. The summed E-state index contributed by atoms with van der Waals surface area (Å²) in [5.74, 6) is -0.860. The molecule has 0 aromatic carbocycles. The molecule has 4 nitrogen and oxygen atoms in total. The van der Waals surface area contributed by atoms with Crippen molar-refractivity contribution in [2.45, 2.75) is 79.2 Å². The Labute approximate surface area is 175 Å². The zero-order valence-electron chi connectivity index (χ0n) is 18.7. The second-order valence-corrected chi connectivity index (χ2v) is 9.27. The molecule has 0 heterocycles. The number of Topliss-reactive ketones (excluding diaryl/α,β-unsaturated/α-hetero) is 1. The number of hydrogen-bond acceptors (Lipinski definition) is 4. The topological polar surface area (TPSA) is 77.8 Å². The van der Waals surface area contributed by atoms with Gasteiger partial charge in [-0.25, -0.2) is 0 Å². The van der Waals surface area contributed by atoms with Crippen molar-refractivity contribution in [3.8, 4) is 0 Å². The van der Waals surface area contributed by atoms with E-state index in [4.69, 9.17) is 0 Å². The van der Waals surface area contributed by atoms with Gasteiger partial charge in [0.15, 0.2) is 5.76 Å². The first-order chi connectivity index (χ1) is 13.6. The summed E-state index contributed by atoms with van der Waals surface area (Å²) in [6.45, 7) is 9.81. The van der Waals surface area contributed by atoms with E-state index >= 15 is 0 Å². The highest BCUT2D eigenvalue weighted by Gasteiger charge is 2.51. The third-order valence-corrected chi connectivity index (χ3v) is 6.88. The lowest BCUT2D eigenvalue weighted by atomic mass is 9.70. The maximum absolute atomic E-state index is 13.1. The van der Waals surface area contributed by atoms with Gasteiger partial charge >= 0.3 is 0 Å². The van der Waals surface area contributed by atoms with Crippen molar-refractivity contribution in [3.63, 3.8) is 0 Å². The third kappa shape index (κ3) is 5.29. The van der Waals surface area contributed by atoms with Gasteiger partial charge in [0.1, 0.15) is 0 Å². The van der Waals surface area contributed by atoms with Crippen LogP contribution < -0.4 is 0 Å². The van der Waals surface area contributed by atoms with E-state index < -0.39 is 11.5 Å². The van der Waals surface area contributed by atoms with Crippen LogP contribution in [0.15, 0.2) is 46.3 Å². The fourth-order valence-electron chi connectivity index (χ4n) is 4.53. The molecule has 0 unspecified atom stereocenters. The molecule has 0 radical (unpaired) electrons. The number of aliphatic hydroxyl groups is 3. The fraction of sp³-hybridized carbons (Fsp3) is 0.640. The van der Waals surface area contributed by atoms with E-state index in [-0.39, 0.29) is 30.0 Å². The zero-order valence-corrected chi connectivity index (χ0v) is 18.7. The Balaban J connectivity index is 2.46. The number of ketones is 1. The number of carbonyl (C=O) groups is 1. The summed E-state index contributed by atoms with van der Waals surface area (Å²) in [5.41, 5.74) is 3.36. The van der Waals surface area contributed by atoms with Crippen molar-refractivity contribution >= 4 is 5.78 Å². The summed E-state index contributed by atoms with van der Waals surface area (Å²) in [7, 11) is 0. The predicted octanol–water partition coefficient (Wildman–Crippen LogP) is 5.19. The van der Waals surface area contributed by atoms with Gasteiger partial charge in [-0.1, -0.05) is 43.2 Å². The number of rotatable bonds is 2. The minimum Gasteiger partial charge on any atom is -0.504 e. The Kier molecular flexibility index (Phi) is 8.07. The molecule has 0 aromatic heterocycles. The average molecular weight is 403 g/mol. The average Bonchev–Trinajstić information content (AvgIpc) is 2.88. The van der Waals surface area contributed by atoms with E-state index in [2.05, 4.69) is 26.0 Å². The highest BCUT2D eigenvalue weighted by Crippen LogP contribution is 2.50. The Bertz CT molecular complexity index is 740. The highest BCUT2D eigenvalue weighted by molar-refractivity contribution is 6.02. The number of carbonyl (C=O) groups excluding carboxylic acids is 1. The van der Waals surface area contributed by atoms with E-state index in [1.807, 2.05) is 26.8 Å². The molecule has 0 saturated carbocycles. The second-order valence-electron chi connectivity index (χ2n) is 9.27. The summed E-state index contributed by atoms with van der Waals surface area (Å²) in [4.78, 5) is 13.1. The quantitative estimate of drug-likeness (QED) is 0.556. The molecule has 0 bridgehead atoms. The van der Waals surface area contributed by atoms with E-state index in [0.717, 1.165) is 24.8 Å². The van der Waals surface area contributed by atoms with Crippen LogP contribution in [0.25, 0.3) is 0 Å². The lowest BCUT2D eigenvalue weighted by Gasteiger charge is -2.32. The maximum Gasteiger partial charge on any atom is 0.203 e. The van der Waals surface area contributed by atoms with Crippen molar-refractivity contribution in [1.29, 1.82) is 0 Å². The van der Waals surface area contributed by atoms with Crippen LogP contribution in [-0.4, -0.2) is 33.8 Å². The molecule has 29 heavy (non-hydrogen) atoms. The van der Waals surface area contributed by atoms with E-state index in [0.29, 0.717) is 24.8 Å². The van der Waals surface area contributed by atoms with Gasteiger partial charge in [-0.15, -0.1) is 0 Å². The van der Waals surface area contributed by atoms with Gasteiger partial charge in [-0.3, -0.25) is 4.79 Å². The molecule has 2 aliphatic carbocycles. The van der Waals surface area contributed by atoms with E-state index in [1.165, 1.54) is 11.1 Å². The fourth-order valence-corrected chi connectivity index (χ4v) is 4.53. The van der Waals surface area contributed by atoms with Crippen LogP contribution >= 0.6 is 0 Å². The predicted molar refractivity (Wildman–Crippen MR) is 117 cm³/mol. The van der Waals surface area contributed by atoms with Gasteiger partial charge in [0.25, 0.3) is 0 Å². The van der Waals surface area contributed by atoms with Crippen molar-refractivity contribution < 1.29 is 20.1 Å². The second kappa shape index (κ2) is 9.90. The molecule has 162 valence electrons. The minimum atomic E-state index is -0.738. The zero-order chi connectivity index (χ0) is 21.8. The smallest absolute Gasteiger partial charge is 0.203 e. The molecule has 0 fully saturated rings. The normalized spacial score (nSPS) is 36.7. The lowest BCUT2D eigenvalue weighted by molar-refractivity contribution is -0.126. The molecule has 0 aliphatic heterocycles. The van der Waals surface area contributed by atoms with Crippen molar-refractivity contribution in [1.82, 2.24) is 0 Å². The number of fused-ring (bicyclic) bond motifs is 1.